The average molecular weight is 330 g/mol. The average Bonchev–Trinajstić information content (AvgIpc) is 2.70. The van der Waals surface area contributed by atoms with Crippen molar-refractivity contribution in [2.24, 2.45) is 10.8 Å². The molecule has 0 aromatic rings. The highest BCUT2D eigenvalue weighted by atomic mass is 79.9. The summed E-state index contributed by atoms with van der Waals surface area (Å²) < 4.78 is 0.165. The van der Waals surface area contributed by atoms with E-state index in [0.29, 0.717) is 10.8 Å². The Bertz CT molecular complexity index is 432. The molecule has 2 heteroatoms. The lowest BCUT2D eigenvalue weighted by molar-refractivity contribution is 0.521. The molecule has 80 valence electrons. The summed E-state index contributed by atoms with van der Waals surface area (Å²) in [6.07, 6.45) is 8.06. The van der Waals surface area contributed by atoms with Crippen LogP contribution in [0.1, 0.15) is 38.5 Å². The van der Waals surface area contributed by atoms with E-state index in [-0.39, 0.29) is 3.23 Å². The molecule has 0 aromatic carbocycles. The Balaban J connectivity index is 2.00. The molecule has 4 rings (SSSR count). The minimum Gasteiger partial charge on any atom is -0.0949 e. The molecule has 0 N–H and O–H groups in total. The highest BCUT2D eigenvalue weighted by Crippen LogP contribution is 2.95. The van der Waals surface area contributed by atoms with Gasteiger partial charge in [0.05, 0.1) is 0 Å². The Kier molecular flexibility index (Phi) is 1.47. The standard InChI is InChI=1S/C13H14Br2/c1-8-9-4-2-5-10(9)12-7-3-6-11(8,12)13(12,14)15/h1-7H2/t11-,12+/m1/s1. The first kappa shape index (κ1) is 9.47. The fourth-order valence-corrected chi connectivity index (χ4v) is 7.87. The summed E-state index contributed by atoms with van der Waals surface area (Å²) >= 11 is 7.91. The van der Waals surface area contributed by atoms with Crippen LogP contribution >= 0.6 is 31.9 Å². The molecule has 0 unspecified atom stereocenters. The van der Waals surface area contributed by atoms with Gasteiger partial charge in [0.15, 0.2) is 0 Å². The van der Waals surface area contributed by atoms with Crippen LogP contribution in [-0.2, 0) is 0 Å². The zero-order chi connectivity index (χ0) is 10.5. The first-order valence-electron chi connectivity index (χ1n) is 5.90. The summed E-state index contributed by atoms with van der Waals surface area (Å²) in [5.74, 6) is 0. The van der Waals surface area contributed by atoms with E-state index in [1.54, 1.807) is 11.1 Å². The second-order valence-corrected chi connectivity index (χ2v) is 8.97. The molecule has 0 aromatic heterocycles. The van der Waals surface area contributed by atoms with Gasteiger partial charge in [-0.25, -0.2) is 0 Å². The molecule has 15 heavy (non-hydrogen) atoms. The van der Waals surface area contributed by atoms with Crippen molar-refractivity contribution in [3.05, 3.63) is 23.3 Å². The minimum absolute atomic E-state index is 0.165. The first-order valence-corrected chi connectivity index (χ1v) is 7.48. The Morgan fingerprint density at radius 2 is 1.73 bits per heavy atom. The number of halogens is 2. The summed E-state index contributed by atoms with van der Waals surface area (Å²) in [6, 6.07) is 0. The third-order valence-electron chi connectivity index (χ3n) is 5.45. The molecule has 0 saturated heterocycles. The lowest BCUT2D eigenvalue weighted by Crippen LogP contribution is -2.14. The monoisotopic (exact) mass is 328 g/mol. The topological polar surface area (TPSA) is 0 Å². The fourth-order valence-electron chi connectivity index (χ4n) is 4.97. The van der Waals surface area contributed by atoms with Gasteiger partial charge in [0.2, 0.25) is 0 Å². The molecule has 0 bridgehead atoms. The Hall–Kier alpha value is 0.440. The van der Waals surface area contributed by atoms with Crippen molar-refractivity contribution >= 4 is 31.9 Å². The Labute approximate surface area is 107 Å². The van der Waals surface area contributed by atoms with Gasteiger partial charge >= 0.3 is 0 Å². The van der Waals surface area contributed by atoms with Crippen molar-refractivity contribution in [3.8, 4) is 0 Å². The number of rotatable bonds is 0. The van der Waals surface area contributed by atoms with E-state index in [9.17, 15) is 0 Å². The van der Waals surface area contributed by atoms with Gasteiger partial charge in [-0.2, -0.15) is 0 Å². The van der Waals surface area contributed by atoms with E-state index >= 15 is 0 Å². The molecule has 0 nitrogen and oxygen atoms in total. The van der Waals surface area contributed by atoms with E-state index in [4.69, 9.17) is 0 Å². The summed E-state index contributed by atoms with van der Waals surface area (Å²) in [6.45, 7) is 4.43. The van der Waals surface area contributed by atoms with Gasteiger partial charge in [-0.1, -0.05) is 50.4 Å². The fraction of sp³-hybridized carbons (Fsp3) is 0.692. The van der Waals surface area contributed by atoms with Crippen LogP contribution in [0, 0.1) is 10.8 Å². The molecule has 0 radical (unpaired) electrons. The zero-order valence-electron chi connectivity index (χ0n) is 8.71. The summed E-state index contributed by atoms with van der Waals surface area (Å²) in [4.78, 5) is 0. The molecule has 2 fully saturated rings. The Morgan fingerprint density at radius 3 is 2.53 bits per heavy atom. The molecule has 2 saturated carbocycles. The predicted octanol–water partition coefficient (Wildman–Crippen LogP) is 4.69. The molecule has 0 heterocycles. The second-order valence-electron chi connectivity index (χ2n) is 5.53. The lowest BCUT2D eigenvalue weighted by atomic mass is 9.90. The molecular weight excluding hydrogens is 316 g/mol. The first-order chi connectivity index (χ1) is 7.09. The van der Waals surface area contributed by atoms with Gasteiger partial charge in [0, 0.05) is 10.8 Å². The second kappa shape index (κ2) is 2.33. The van der Waals surface area contributed by atoms with E-state index in [1.807, 2.05) is 0 Å². The van der Waals surface area contributed by atoms with Crippen LogP contribution in [0.2, 0.25) is 0 Å². The molecule has 2 atom stereocenters. The number of alkyl halides is 2. The third kappa shape index (κ3) is 0.632. The van der Waals surface area contributed by atoms with Crippen molar-refractivity contribution in [1.82, 2.24) is 0 Å². The minimum atomic E-state index is 0.165. The maximum absolute atomic E-state index is 4.43. The van der Waals surface area contributed by atoms with Gasteiger partial charge in [-0.3, -0.25) is 0 Å². The lowest BCUT2D eigenvalue weighted by Gasteiger charge is -2.22. The van der Waals surface area contributed by atoms with Crippen LogP contribution in [0.15, 0.2) is 23.3 Å². The molecule has 4 aliphatic rings. The van der Waals surface area contributed by atoms with Crippen LogP contribution < -0.4 is 0 Å². The summed E-state index contributed by atoms with van der Waals surface area (Å²) in [5.41, 5.74) is 5.69. The maximum atomic E-state index is 4.43. The number of allylic oxidation sites excluding steroid dienone is 3. The highest BCUT2D eigenvalue weighted by molar-refractivity contribution is 9.25. The van der Waals surface area contributed by atoms with Gasteiger partial charge in [-0.15, -0.1) is 0 Å². The maximum Gasteiger partial charge on any atom is 0.101 e. The van der Waals surface area contributed by atoms with Crippen LogP contribution in [0.3, 0.4) is 0 Å². The molecule has 0 amide bonds. The number of hydrogen-bond donors (Lipinski definition) is 0. The largest absolute Gasteiger partial charge is 0.101 e. The highest BCUT2D eigenvalue weighted by Gasteiger charge is 2.91. The Morgan fingerprint density at radius 1 is 1.00 bits per heavy atom. The van der Waals surface area contributed by atoms with E-state index < -0.39 is 0 Å². The van der Waals surface area contributed by atoms with E-state index in [2.05, 4.69) is 38.4 Å². The zero-order valence-corrected chi connectivity index (χ0v) is 11.9. The predicted molar refractivity (Wildman–Crippen MR) is 69.3 cm³/mol. The molecule has 4 aliphatic carbocycles. The van der Waals surface area contributed by atoms with Crippen molar-refractivity contribution < 1.29 is 0 Å². The quantitative estimate of drug-likeness (QED) is 0.565. The summed E-state index contributed by atoms with van der Waals surface area (Å²) in [7, 11) is 0. The summed E-state index contributed by atoms with van der Waals surface area (Å²) in [5, 5.41) is 0. The van der Waals surface area contributed by atoms with Gasteiger partial charge in [0.1, 0.15) is 3.23 Å². The van der Waals surface area contributed by atoms with Crippen molar-refractivity contribution in [2.45, 2.75) is 41.8 Å². The van der Waals surface area contributed by atoms with Crippen molar-refractivity contribution in [1.29, 1.82) is 0 Å². The van der Waals surface area contributed by atoms with Crippen LogP contribution in [0.4, 0.5) is 0 Å². The molecule has 0 spiro atoms. The number of hydrogen-bond acceptors (Lipinski definition) is 0. The van der Waals surface area contributed by atoms with Crippen LogP contribution in [-0.4, -0.2) is 3.23 Å². The van der Waals surface area contributed by atoms with Gasteiger partial charge in [0.25, 0.3) is 0 Å². The van der Waals surface area contributed by atoms with Gasteiger partial charge in [-0.05, 0) is 43.3 Å². The van der Waals surface area contributed by atoms with E-state index in [0.717, 1.165) is 0 Å². The smallest absolute Gasteiger partial charge is 0.0949 e. The van der Waals surface area contributed by atoms with Crippen LogP contribution in [0.5, 0.6) is 0 Å². The van der Waals surface area contributed by atoms with Crippen molar-refractivity contribution in [3.63, 3.8) is 0 Å². The normalized spacial score (nSPS) is 49.3. The van der Waals surface area contributed by atoms with E-state index in [1.165, 1.54) is 44.1 Å². The van der Waals surface area contributed by atoms with Crippen molar-refractivity contribution in [2.75, 3.05) is 0 Å². The SMILES string of the molecule is C=C1C2=C(CCC2)[C@@]23CCC[C@@]12C3(Br)Br. The third-order valence-corrected chi connectivity index (χ3v) is 8.16. The van der Waals surface area contributed by atoms with Crippen LogP contribution in [0.25, 0.3) is 0 Å². The molecular formula is C13H14Br2. The van der Waals surface area contributed by atoms with Gasteiger partial charge < -0.3 is 0 Å². The molecule has 0 aliphatic heterocycles.